The fourth-order valence-corrected chi connectivity index (χ4v) is 3.71. The Bertz CT molecular complexity index is 1460. The van der Waals surface area contributed by atoms with Crippen LogP contribution in [0.3, 0.4) is 0 Å². The molecule has 4 rings (SSSR count). The number of hydrogen-bond donors (Lipinski definition) is 2. The molecule has 0 atom stereocenters. The first-order valence-corrected chi connectivity index (χ1v) is 11.3. The Morgan fingerprint density at radius 1 is 1.11 bits per heavy atom. The lowest BCUT2D eigenvalue weighted by Gasteiger charge is -2.12. The number of hydrazone groups is 1. The Morgan fingerprint density at radius 3 is 2.63 bits per heavy atom. The van der Waals surface area contributed by atoms with Crippen LogP contribution >= 0.6 is 15.9 Å². The molecule has 0 aliphatic rings. The fraction of sp³-hybridized carbons (Fsp3) is 0.0769. The molecule has 4 aromatic rings. The van der Waals surface area contributed by atoms with Crippen molar-refractivity contribution >= 4 is 28.1 Å². The van der Waals surface area contributed by atoms with Crippen molar-refractivity contribution in [2.75, 3.05) is 12.5 Å². The summed E-state index contributed by atoms with van der Waals surface area (Å²) in [5.74, 6) is 1.53. The molecule has 1 heterocycles. The number of aromatic nitrogens is 2. The van der Waals surface area contributed by atoms with Crippen LogP contribution in [0, 0.1) is 11.3 Å². The summed E-state index contributed by atoms with van der Waals surface area (Å²) < 4.78 is 12.2. The molecular formula is C26H20BrN5O3. The largest absolute Gasteiger partial charge is 0.496 e. The van der Waals surface area contributed by atoms with Crippen molar-refractivity contribution in [2.24, 2.45) is 5.10 Å². The third-order valence-corrected chi connectivity index (χ3v) is 5.64. The molecule has 0 saturated heterocycles. The highest BCUT2D eigenvalue weighted by atomic mass is 79.9. The average molecular weight is 530 g/mol. The average Bonchev–Trinajstić information content (AvgIpc) is 2.88. The van der Waals surface area contributed by atoms with Crippen LogP contribution in [0.2, 0.25) is 0 Å². The van der Waals surface area contributed by atoms with Crippen LogP contribution in [0.5, 0.6) is 11.5 Å². The van der Waals surface area contributed by atoms with Gasteiger partial charge in [-0.1, -0.05) is 42.5 Å². The van der Waals surface area contributed by atoms with Gasteiger partial charge in [-0.15, -0.1) is 0 Å². The van der Waals surface area contributed by atoms with Gasteiger partial charge in [0.05, 0.1) is 23.5 Å². The first-order chi connectivity index (χ1) is 17.1. The van der Waals surface area contributed by atoms with Crippen LogP contribution < -0.4 is 20.5 Å². The van der Waals surface area contributed by atoms with Crippen LogP contribution in [-0.4, -0.2) is 23.3 Å². The summed E-state index contributed by atoms with van der Waals surface area (Å²) in [6.07, 6.45) is 1.59. The first-order valence-electron chi connectivity index (χ1n) is 10.5. The number of halogens is 1. The van der Waals surface area contributed by atoms with E-state index in [2.05, 4.69) is 36.4 Å². The molecule has 0 fully saturated rings. The second-order valence-corrected chi connectivity index (χ2v) is 8.13. The topological polar surface area (TPSA) is 112 Å². The van der Waals surface area contributed by atoms with Crippen LogP contribution in [0.15, 0.2) is 87.2 Å². The third kappa shape index (κ3) is 5.75. The normalized spacial score (nSPS) is 10.7. The molecule has 174 valence electrons. The fourth-order valence-electron chi connectivity index (χ4n) is 3.31. The van der Waals surface area contributed by atoms with Gasteiger partial charge in [-0.05, 0) is 51.8 Å². The molecule has 0 radical (unpaired) electrons. The number of methoxy groups -OCH3 is 1. The standard InChI is InChI=1S/C26H20BrN5O3/c1-34-22-12-11-17(13-19(22)16-35-23-10-6-5-9-21(23)27)15-29-32-26-30-24(18-7-3-2-4-8-18)20(14-28)25(33)31-26/h2-13,15H,16H2,1H3,(H2,30,31,32,33). The summed E-state index contributed by atoms with van der Waals surface area (Å²) in [5.41, 5.74) is 4.69. The van der Waals surface area contributed by atoms with E-state index in [0.717, 1.165) is 21.3 Å². The Kier molecular flexibility index (Phi) is 7.55. The number of para-hydroxylation sites is 1. The number of nitriles is 1. The maximum absolute atomic E-state index is 12.4. The maximum atomic E-state index is 12.4. The second kappa shape index (κ2) is 11.1. The minimum absolute atomic E-state index is 0.0596. The van der Waals surface area contributed by atoms with Crippen LogP contribution in [0.4, 0.5) is 5.95 Å². The van der Waals surface area contributed by atoms with Crippen molar-refractivity contribution in [3.8, 4) is 28.8 Å². The molecule has 9 heteroatoms. The minimum atomic E-state index is -0.546. The van der Waals surface area contributed by atoms with Crippen LogP contribution in [0.25, 0.3) is 11.3 Å². The monoisotopic (exact) mass is 529 g/mol. The molecule has 3 aromatic carbocycles. The predicted octanol–water partition coefficient (Wildman–Crippen LogP) is 5.10. The van der Waals surface area contributed by atoms with E-state index in [1.165, 1.54) is 0 Å². The van der Waals surface area contributed by atoms with Crippen molar-refractivity contribution < 1.29 is 9.47 Å². The van der Waals surface area contributed by atoms with E-state index >= 15 is 0 Å². The van der Waals surface area contributed by atoms with Gasteiger partial charge in [-0.3, -0.25) is 9.78 Å². The Hall–Kier alpha value is -4.42. The van der Waals surface area contributed by atoms with E-state index in [9.17, 15) is 10.1 Å². The van der Waals surface area contributed by atoms with Gasteiger partial charge in [-0.2, -0.15) is 10.4 Å². The molecule has 8 nitrogen and oxygen atoms in total. The number of benzene rings is 3. The lowest BCUT2D eigenvalue weighted by atomic mass is 10.1. The van der Waals surface area contributed by atoms with Crippen molar-refractivity contribution in [2.45, 2.75) is 6.61 Å². The van der Waals surface area contributed by atoms with E-state index in [0.29, 0.717) is 17.9 Å². The van der Waals surface area contributed by atoms with Gasteiger partial charge in [0, 0.05) is 11.1 Å². The second-order valence-electron chi connectivity index (χ2n) is 7.28. The van der Waals surface area contributed by atoms with Crippen LogP contribution in [-0.2, 0) is 6.61 Å². The zero-order valence-electron chi connectivity index (χ0n) is 18.7. The Morgan fingerprint density at radius 2 is 1.89 bits per heavy atom. The van der Waals surface area contributed by atoms with Gasteiger partial charge in [0.15, 0.2) is 0 Å². The summed E-state index contributed by atoms with van der Waals surface area (Å²) in [5, 5.41) is 13.6. The smallest absolute Gasteiger partial charge is 0.270 e. The van der Waals surface area contributed by atoms with E-state index < -0.39 is 5.56 Å². The predicted molar refractivity (Wildman–Crippen MR) is 138 cm³/mol. The van der Waals surface area contributed by atoms with E-state index in [4.69, 9.17) is 9.47 Å². The highest BCUT2D eigenvalue weighted by Gasteiger charge is 2.13. The SMILES string of the molecule is COc1ccc(C=NNc2nc(-c3ccccc3)c(C#N)c(=O)[nH]2)cc1COc1ccccc1Br. The number of anilines is 1. The maximum Gasteiger partial charge on any atom is 0.270 e. The summed E-state index contributed by atoms with van der Waals surface area (Å²) in [4.78, 5) is 19.3. The summed E-state index contributed by atoms with van der Waals surface area (Å²) in [7, 11) is 1.60. The highest BCUT2D eigenvalue weighted by Crippen LogP contribution is 2.27. The Labute approximate surface area is 210 Å². The molecule has 0 spiro atoms. The lowest BCUT2D eigenvalue weighted by Crippen LogP contribution is -2.16. The van der Waals surface area contributed by atoms with E-state index in [1.54, 1.807) is 25.5 Å². The van der Waals surface area contributed by atoms with E-state index in [1.807, 2.05) is 66.7 Å². The molecule has 0 unspecified atom stereocenters. The molecule has 35 heavy (non-hydrogen) atoms. The zero-order chi connectivity index (χ0) is 24.6. The van der Waals surface area contributed by atoms with Crippen molar-refractivity contribution in [3.05, 3.63) is 104 Å². The highest BCUT2D eigenvalue weighted by molar-refractivity contribution is 9.10. The lowest BCUT2D eigenvalue weighted by molar-refractivity contribution is 0.295. The summed E-state index contributed by atoms with van der Waals surface area (Å²) in [6, 6.07) is 24.1. The molecule has 0 saturated carbocycles. The molecule has 0 bridgehead atoms. The van der Waals surface area contributed by atoms with Crippen LogP contribution in [0.1, 0.15) is 16.7 Å². The molecule has 2 N–H and O–H groups in total. The van der Waals surface area contributed by atoms with Crippen molar-refractivity contribution in [3.63, 3.8) is 0 Å². The number of nitrogens with zero attached hydrogens (tertiary/aromatic N) is 3. The van der Waals surface area contributed by atoms with Crippen molar-refractivity contribution in [1.29, 1.82) is 5.26 Å². The first kappa shape index (κ1) is 23.7. The number of nitrogens with one attached hydrogen (secondary N) is 2. The molecule has 0 aliphatic heterocycles. The zero-order valence-corrected chi connectivity index (χ0v) is 20.2. The van der Waals surface area contributed by atoms with Gasteiger partial charge in [0.1, 0.15) is 29.7 Å². The third-order valence-electron chi connectivity index (χ3n) is 4.99. The van der Waals surface area contributed by atoms with Gasteiger partial charge >= 0.3 is 0 Å². The van der Waals surface area contributed by atoms with Gasteiger partial charge in [-0.25, -0.2) is 10.4 Å². The molecule has 0 aliphatic carbocycles. The molecule has 0 amide bonds. The quantitative estimate of drug-likeness (QED) is 0.242. The summed E-state index contributed by atoms with van der Waals surface area (Å²) in [6.45, 7) is 0.297. The minimum Gasteiger partial charge on any atom is -0.496 e. The van der Waals surface area contributed by atoms with Crippen molar-refractivity contribution in [1.82, 2.24) is 9.97 Å². The molecule has 1 aromatic heterocycles. The number of H-pyrrole nitrogens is 1. The number of aromatic amines is 1. The van der Waals surface area contributed by atoms with Gasteiger partial charge < -0.3 is 9.47 Å². The molecular weight excluding hydrogens is 510 g/mol. The Balaban J connectivity index is 1.53. The number of ether oxygens (including phenoxy) is 2. The van der Waals surface area contributed by atoms with Gasteiger partial charge in [0.2, 0.25) is 5.95 Å². The number of rotatable bonds is 8. The summed E-state index contributed by atoms with van der Waals surface area (Å²) >= 11 is 3.48. The number of hydrogen-bond acceptors (Lipinski definition) is 7. The van der Waals surface area contributed by atoms with E-state index in [-0.39, 0.29) is 17.2 Å². The van der Waals surface area contributed by atoms with Gasteiger partial charge in [0.25, 0.3) is 5.56 Å².